The molecule has 0 bridgehead atoms. The van der Waals surface area contributed by atoms with E-state index in [4.69, 9.17) is 0 Å². The summed E-state index contributed by atoms with van der Waals surface area (Å²) in [6.07, 6.45) is 3.78. The second kappa shape index (κ2) is 10.5. The maximum atomic E-state index is 10.1. The van der Waals surface area contributed by atoms with Gasteiger partial charge in [-0.3, -0.25) is 4.79 Å². The van der Waals surface area contributed by atoms with Gasteiger partial charge in [-0.25, -0.2) is 9.97 Å². The quantitative estimate of drug-likeness (QED) is 0.859. The predicted molar refractivity (Wildman–Crippen MR) is 92.1 cm³/mol. The summed E-state index contributed by atoms with van der Waals surface area (Å²) in [5.41, 5.74) is 0. The molecule has 21 heavy (non-hydrogen) atoms. The average molecular weight is 328 g/mol. The maximum Gasteiger partial charge on any atom is 0.217 e. The Hall–Kier alpha value is -1.27. The zero-order valence-electron chi connectivity index (χ0n) is 13.9. The van der Waals surface area contributed by atoms with Gasteiger partial charge in [0.15, 0.2) is 0 Å². The molecule has 2 aromatic heterocycles. The molecule has 0 aliphatic carbocycles. The molecule has 2 aromatic rings. The Balaban J connectivity index is 0.000000286. The van der Waals surface area contributed by atoms with E-state index >= 15 is 0 Å². The molecular formula is C15H25N3OS2. The van der Waals surface area contributed by atoms with Gasteiger partial charge in [-0.15, -0.1) is 22.7 Å². The molecule has 118 valence electrons. The molecule has 0 radical (unpaired) electrons. The van der Waals surface area contributed by atoms with Crippen molar-refractivity contribution < 1.29 is 4.79 Å². The molecule has 0 aliphatic heterocycles. The normalized spacial score (nSPS) is 9.33. The van der Waals surface area contributed by atoms with Crippen LogP contribution in [0.5, 0.6) is 0 Å². The first-order chi connectivity index (χ1) is 9.70. The van der Waals surface area contributed by atoms with Crippen LogP contribution in [0.2, 0.25) is 0 Å². The first kappa shape index (κ1) is 19.7. The number of nitrogens with one attached hydrogen (secondary N) is 1. The van der Waals surface area contributed by atoms with Crippen molar-refractivity contribution in [2.24, 2.45) is 0 Å². The van der Waals surface area contributed by atoms with E-state index in [1.54, 1.807) is 22.7 Å². The molecule has 2 heterocycles. The summed E-state index contributed by atoms with van der Waals surface area (Å²) >= 11 is 3.46. The van der Waals surface area contributed by atoms with Crippen LogP contribution in [0.25, 0.3) is 0 Å². The van der Waals surface area contributed by atoms with Gasteiger partial charge in [-0.1, -0.05) is 0 Å². The van der Waals surface area contributed by atoms with Gasteiger partial charge in [0.05, 0.1) is 10.0 Å². The molecule has 0 aromatic carbocycles. The molecule has 1 N–H and O–H groups in total. The summed E-state index contributed by atoms with van der Waals surface area (Å²) < 4.78 is 0. The molecule has 0 aliphatic rings. The molecular weight excluding hydrogens is 302 g/mol. The highest BCUT2D eigenvalue weighted by Crippen LogP contribution is 2.08. The highest BCUT2D eigenvalue weighted by atomic mass is 32.1. The minimum atomic E-state index is 0.0370. The molecule has 4 nitrogen and oxygen atoms in total. The number of thiazole rings is 2. The minimum Gasteiger partial charge on any atom is -0.354 e. The summed E-state index contributed by atoms with van der Waals surface area (Å²) in [6.45, 7) is 13.5. The number of nitrogens with zero attached hydrogens (tertiary/aromatic N) is 2. The Kier molecular flexibility index (Phi) is 9.82. The van der Waals surface area contributed by atoms with Crippen molar-refractivity contribution in [2.45, 2.75) is 54.5 Å². The molecule has 0 saturated carbocycles. The van der Waals surface area contributed by atoms with Crippen molar-refractivity contribution in [2.75, 3.05) is 0 Å². The van der Waals surface area contributed by atoms with E-state index in [0.717, 1.165) is 10.0 Å². The van der Waals surface area contributed by atoms with Gasteiger partial charge in [-0.2, -0.15) is 0 Å². The van der Waals surface area contributed by atoms with Gasteiger partial charge in [-0.05, 0) is 41.5 Å². The van der Waals surface area contributed by atoms with E-state index in [1.807, 2.05) is 40.1 Å². The van der Waals surface area contributed by atoms with Crippen LogP contribution in [0.4, 0.5) is 0 Å². The van der Waals surface area contributed by atoms with Crippen molar-refractivity contribution in [3.8, 4) is 0 Å². The lowest BCUT2D eigenvalue weighted by Crippen LogP contribution is -2.27. The van der Waals surface area contributed by atoms with Gasteiger partial charge >= 0.3 is 0 Å². The van der Waals surface area contributed by atoms with E-state index < -0.39 is 0 Å². The number of aryl methyl sites for hydroxylation is 4. The van der Waals surface area contributed by atoms with Crippen LogP contribution >= 0.6 is 22.7 Å². The number of carbonyl (C=O) groups excluding carboxylic acids is 1. The molecule has 1 amide bonds. The van der Waals surface area contributed by atoms with Crippen LogP contribution in [0, 0.1) is 27.7 Å². The third-order valence-electron chi connectivity index (χ3n) is 1.97. The first-order valence-corrected chi connectivity index (χ1v) is 8.39. The molecule has 6 heteroatoms. The molecule has 0 unspecified atom stereocenters. The maximum absolute atomic E-state index is 10.1. The smallest absolute Gasteiger partial charge is 0.217 e. The topological polar surface area (TPSA) is 54.9 Å². The molecule has 0 saturated heterocycles. The molecule has 0 spiro atoms. The number of hydrogen-bond acceptors (Lipinski definition) is 5. The third-order valence-corrected chi connectivity index (χ3v) is 3.62. The number of amides is 1. The zero-order valence-corrected chi connectivity index (χ0v) is 15.5. The SMILES string of the molecule is CC(=O)NC(C)C.Cc1cnc(C)s1.Cc1cnc(C)s1. The predicted octanol–water partition coefficient (Wildman–Crippen LogP) is 4.05. The average Bonchev–Trinajstić information content (AvgIpc) is 2.87. The van der Waals surface area contributed by atoms with E-state index in [0.29, 0.717) is 0 Å². The van der Waals surface area contributed by atoms with Gasteiger partial charge < -0.3 is 5.32 Å². The molecule has 2 rings (SSSR count). The molecule has 0 fully saturated rings. The fourth-order valence-electron chi connectivity index (χ4n) is 1.34. The fourth-order valence-corrected chi connectivity index (χ4v) is 2.70. The Bertz CT molecular complexity index is 461. The second-order valence-corrected chi connectivity index (χ2v) is 7.71. The first-order valence-electron chi connectivity index (χ1n) is 6.75. The van der Waals surface area contributed by atoms with Crippen molar-refractivity contribution >= 4 is 28.6 Å². The largest absolute Gasteiger partial charge is 0.354 e. The fraction of sp³-hybridized carbons (Fsp3) is 0.533. The van der Waals surface area contributed by atoms with Gasteiger partial charge in [0.1, 0.15) is 0 Å². The van der Waals surface area contributed by atoms with E-state index in [9.17, 15) is 4.79 Å². The van der Waals surface area contributed by atoms with Crippen molar-refractivity contribution in [1.29, 1.82) is 0 Å². The lowest BCUT2D eigenvalue weighted by Gasteiger charge is -2.02. The summed E-state index contributed by atoms with van der Waals surface area (Å²) in [5, 5.41) is 4.97. The van der Waals surface area contributed by atoms with Gasteiger partial charge in [0.25, 0.3) is 0 Å². The molecule has 0 atom stereocenters. The number of hydrogen-bond donors (Lipinski definition) is 1. The summed E-state index contributed by atoms with van der Waals surface area (Å²) in [7, 11) is 0. The highest BCUT2D eigenvalue weighted by Gasteiger charge is 1.91. The number of rotatable bonds is 1. The Morgan fingerprint density at radius 1 is 1.00 bits per heavy atom. The van der Waals surface area contributed by atoms with E-state index in [-0.39, 0.29) is 11.9 Å². The Morgan fingerprint density at radius 3 is 1.43 bits per heavy atom. The summed E-state index contributed by atoms with van der Waals surface area (Å²) in [4.78, 5) is 20.8. The number of carbonyl (C=O) groups is 1. The Morgan fingerprint density at radius 2 is 1.38 bits per heavy atom. The Labute approximate surface area is 135 Å². The van der Waals surface area contributed by atoms with Crippen LogP contribution in [0.3, 0.4) is 0 Å². The van der Waals surface area contributed by atoms with Crippen LogP contribution in [0.15, 0.2) is 12.4 Å². The summed E-state index contributed by atoms with van der Waals surface area (Å²) in [6, 6.07) is 0.275. The van der Waals surface area contributed by atoms with Crippen molar-refractivity contribution in [1.82, 2.24) is 15.3 Å². The van der Waals surface area contributed by atoms with E-state index in [2.05, 4.69) is 29.1 Å². The highest BCUT2D eigenvalue weighted by molar-refractivity contribution is 7.11. The minimum absolute atomic E-state index is 0.0370. The zero-order chi connectivity index (χ0) is 16.4. The monoisotopic (exact) mass is 327 g/mol. The van der Waals surface area contributed by atoms with Crippen LogP contribution in [-0.2, 0) is 4.79 Å². The van der Waals surface area contributed by atoms with Crippen molar-refractivity contribution in [3.05, 3.63) is 32.2 Å². The van der Waals surface area contributed by atoms with Crippen LogP contribution in [0.1, 0.15) is 40.5 Å². The number of aromatic nitrogens is 2. The van der Waals surface area contributed by atoms with Crippen LogP contribution in [-0.4, -0.2) is 21.9 Å². The summed E-state index contributed by atoms with van der Waals surface area (Å²) in [5.74, 6) is 0.0370. The third kappa shape index (κ3) is 12.2. The standard InChI is InChI=1S/C5H11NO.2C5H7NS/c1-4(2)6-5(3)7;2*1-4-3-6-5(2)7-4/h4H,1-3H3,(H,6,7);2*3H,1-2H3. The second-order valence-electron chi connectivity index (χ2n) is 4.84. The van der Waals surface area contributed by atoms with Gasteiger partial charge in [0, 0.05) is 35.1 Å². The lowest BCUT2D eigenvalue weighted by atomic mass is 10.4. The lowest BCUT2D eigenvalue weighted by molar-refractivity contribution is -0.119. The van der Waals surface area contributed by atoms with Gasteiger partial charge in [0.2, 0.25) is 5.91 Å². The van der Waals surface area contributed by atoms with E-state index in [1.165, 1.54) is 16.7 Å². The van der Waals surface area contributed by atoms with Crippen LogP contribution < -0.4 is 5.32 Å². The van der Waals surface area contributed by atoms with Crippen molar-refractivity contribution in [3.63, 3.8) is 0 Å².